The van der Waals surface area contributed by atoms with E-state index in [9.17, 15) is 14.4 Å². The summed E-state index contributed by atoms with van der Waals surface area (Å²) in [6.45, 7) is 1.29. The number of aliphatic carboxylic acids is 1. The van der Waals surface area contributed by atoms with Crippen molar-refractivity contribution in [3.05, 3.63) is 30.3 Å². The second-order valence-corrected chi connectivity index (χ2v) is 6.54. The standard InChI is InChI=1S/C18H22N2O5/c21-16-10-12(19-17(22)14-6-7-15(14)18(23)24)11-20(16)8-9-25-13-4-2-1-3-5-13/h1-5,12,14-15H,6-11H2,(H,19,22)(H,23,24)/t12-,14+,15-/m1/s1. The van der Waals surface area contributed by atoms with E-state index in [1.54, 1.807) is 4.90 Å². The van der Waals surface area contributed by atoms with Gasteiger partial charge in [0.1, 0.15) is 12.4 Å². The van der Waals surface area contributed by atoms with Crippen molar-refractivity contribution < 1.29 is 24.2 Å². The Bertz CT molecular complexity index is 648. The Balaban J connectivity index is 1.43. The van der Waals surface area contributed by atoms with Crippen LogP contribution in [0.2, 0.25) is 0 Å². The highest BCUT2D eigenvalue weighted by atomic mass is 16.5. The molecule has 1 aromatic rings. The predicted molar refractivity (Wildman–Crippen MR) is 88.9 cm³/mol. The first-order chi connectivity index (χ1) is 12.0. The molecule has 7 nitrogen and oxygen atoms in total. The first-order valence-corrected chi connectivity index (χ1v) is 8.53. The molecule has 1 heterocycles. The van der Waals surface area contributed by atoms with Gasteiger partial charge in [-0.15, -0.1) is 0 Å². The molecule has 7 heteroatoms. The van der Waals surface area contributed by atoms with E-state index < -0.39 is 17.8 Å². The molecule has 2 amide bonds. The molecular weight excluding hydrogens is 324 g/mol. The van der Waals surface area contributed by atoms with Gasteiger partial charge in [-0.05, 0) is 25.0 Å². The Morgan fingerprint density at radius 3 is 2.56 bits per heavy atom. The molecule has 3 atom stereocenters. The zero-order valence-electron chi connectivity index (χ0n) is 13.9. The number of likely N-dealkylation sites (tertiary alicyclic amines) is 1. The fraction of sp³-hybridized carbons (Fsp3) is 0.500. The fourth-order valence-corrected chi connectivity index (χ4v) is 3.29. The van der Waals surface area contributed by atoms with E-state index >= 15 is 0 Å². The second-order valence-electron chi connectivity index (χ2n) is 6.54. The first-order valence-electron chi connectivity index (χ1n) is 8.53. The lowest BCUT2D eigenvalue weighted by atomic mass is 9.73. The van der Waals surface area contributed by atoms with E-state index in [1.165, 1.54) is 0 Å². The summed E-state index contributed by atoms with van der Waals surface area (Å²) < 4.78 is 5.59. The van der Waals surface area contributed by atoms with E-state index in [-0.39, 0.29) is 24.3 Å². The number of amides is 2. The van der Waals surface area contributed by atoms with E-state index in [2.05, 4.69) is 5.32 Å². The number of para-hydroxylation sites is 1. The molecule has 0 spiro atoms. The Morgan fingerprint density at radius 1 is 1.20 bits per heavy atom. The van der Waals surface area contributed by atoms with Crippen LogP contribution in [-0.4, -0.2) is 53.5 Å². The van der Waals surface area contributed by atoms with Gasteiger partial charge < -0.3 is 20.1 Å². The van der Waals surface area contributed by atoms with Crippen molar-refractivity contribution in [2.75, 3.05) is 19.7 Å². The lowest BCUT2D eigenvalue weighted by molar-refractivity contribution is -0.152. The van der Waals surface area contributed by atoms with Crippen LogP contribution < -0.4 is 10.1 Å². The molecule has 1 aromatic carbocycles. The molecule has 0 aromatic heterocycles. The summed E-state index contributed by atoms with van der Waals surface area (Å²) in [4.78, 5) is 36.9. The summed E-state index contributed by atoms with van der Waals surface area (Å²) in [6.07, 6.45) is 1.39. The minimum atomic E-state index is -0.923. The van der Waals surface area contributed by atoms with Crippen molar-refractivity contribution in [3.63, 3.8) is 0 Å². The number of rotatable bonds is 7. The molecule has 134 valence electrons. The number of nitrogens with one attached hydrogen (secondary N) is 1. The summed E-state index contributed by atoms with van der Waals surface area (Å²) >= 11 is 0. The molecule has 0 bridgehead atoms. The van der Waals surface area contributed by atoms with Gasteiger partial charge >= 0.3 is 5.97 Å². The number of ether oxygens (including phenoxy) is 1. The van der Waals surface area contributed by atoms with Crippen LogP contribution in [0.4, 0.5) is 0 Å². The van der Waals surface area contributed by atoms with E-state index in [0.717, 1.165) is 5.75 Å². The van der Waals surface area contributed by atoms with Gasteiger partial charge in [0.25, 0.3) is 0 Å². The van der Waals surface area contributed by atoms with Crippen molar-refractivity contribution in [2.24, 2.45) is 11.8 Å². The number of hydrogen-bond donors (Lipinski definition) is 2. The highest BCUT2D eigenvalue weighted by Crippen LogP contribution is 2.34. The third-order valence-electron chi connectivity index (χ3n) is 4.86. The van der Waals surface area contributed by atoms with Crippen LogP contribution in [0.3, 0.4) is 0 Å². The van der Waals surface area contributed by atoms with Crippen LogP contribution in [0.5, 0.6) is 5.75 Å². The first kappa shape index (κ1) is 17.3. The van der Waals surface area contributed by atoms with Crippen LogP contribution in [0.25, 0.3) is 0 Å². The fourth-order valence-electron chi connectivity index (χ4n) is 3.29. The largest absolute Gasteiger partial charge is 0.492 e. The number of benzene rings is 1. The number of carboxylic acid groups (broad SMARTS) is 1. The molecule has 1 aliphatic heterocycles. The zero-order chi connectivity index (χ0) is 17.8. The monoisotopic (exact) mass is 346 g/mol. The number of hydrogen-bond acceptors (Lipinski definition) is 4. The summed E-state index contributed by atoms with van der Waals surface area (Å²) in [5, 5.41) is 11.9. The Kier molecular flexibility index (Phi) is 5.21. The number of carbonyl (C=O) groups is 3. The minimum Gasteiger partial charge on any atom is -0.492 e. The second kappa shape index (κ2) is 7.55. The van der Waals surface area contributed by atoms with Crippen LogP contribution in [0.15, 0.2) is 30.3 Å². The Labute approximate surface area is 146 Å². The average Bonchev–Trinajstić information content (AvgIpc) is 2.86. The normalized spacial score (nSPS) is 25.4. The molecule has 0 radical (unpaired) electrons. The number of nitrogens with zero attached hydrogens (tertiary/aromatic N) is 1. The quantitative estimate of drug-likeness (QED) is 0.764. The summed E-state index contributed by atoms with van der Waals surface area (Å²) in [5.74, 6) is -1.50. The van der Waals surface area contributed by atoms with Crippen LogP contribution in [0, 0.1) is 11.8 Å². The molecule has 2 aliphatic rings. The van der Waals surface area contributed by atoms with Gasteiger partial charge in [-0.3, -0.25) is 14.4 Å². The zero-order valence-corrected chi connectivity index (χ0v) is 13.9. The molecule has 2 N–H and O–H groups in total. The van der Waals surface area contributed by atoms with Gasteiger partial charge in [0.05, 0.1) is 24.4 Å². The molecule has 1 saturated heterocycles. The highest BCUT2D eigenvalue weighted by Gasteiger charge is 2.42. The maximum absolute atomic E-state index is 12.2. The van der Waals surface area contributed by atoms with Crippen LogP contribution in [0.1, 0.15) is 19.3 Å². The van der Waals surface area contributed by atoms with E-state index in [1.807, 2.05) is 30.3 Å². The van der Waals surface area contributed by atoms with Crippen LogP contribution in [-0.2, 0) is 14.4 Å². The van der Waals surface area contributed by atoms with Gasteiger partial charge in [0, 0.05) is 13.0 Å². The van der Waals surface area contributed by atoms with Crippen molar-refractivity contribution in [1.29, 1.82) is 0 Å². The predicted octanol–water partition coefficient (Wildman–Crippen LogP) is 0.893. The van der Waals surface area contributed by atoms with Crippen molar-refractivity contribution in [3.8, 4) is 5.75 Å². The molecule has 0 unspecified atom stereocenters. The number of carbonyl (C=O) groups excluding carboxylic acids is 2. The summed E-state index contributed by atoms with van der Waals surface area (Å²) in [7, 11) is 0. The smallest absolute Gasteiger partial charge is 0.307 e. The highest BCUT2D eigenvalue weighted by molar-refractivity contribution is 5.87. The van der Waals surface area contributed by atoms with Gasteiger partial charge in [-0.2, -0.15) is 0 Å². The molecule has 3 rings (SSSR count). The van der Waals surface area contributed by atoms with Gasteiger partial charge in [0.15, 0.2) is 0 Å². The lowest BCUT2D eigenvalue weighted by Gasteiger charge is -2.32. The third kappa shape index (κ3) is 4.10. The molecule has 2 fully saturated rings. The molecule has 1 saturated carbocycles. The molecule has 25 heavy (non-hydrogen) atoms. The van der Waals surface area contributed by atoms with E-state index in [0.29, 0.717) is 32.5 Å². The van der Waals surface area contributed by atoms with Gasteiger partial charge in [0.2, 0.25) is 11.8 Å². The molecular formula is C18H22N2O5. The Morgan fingerprint density at radius 2 is 1.92 bits per heavy atom. The van der Waals surface area contributed by atoms with Crippen molar-refractivity contribution in [2.45, 2.75) is 25.3 Å². The van der Waals surface area contributed by atoms with Crippen molar-refractivity contribution in [1.82, 2.24) is 10.2 Å². The van der Waals surface area contributed by atoms with Gasteiger partial charge in [-0.25, -0.2) is 0 Å². The third-order valence-corrected chi connectivity index (χ3v) is 4.86. The van der Waals surface area contributed by atoms with Crippen LogP contribution >= 0.6 is 0 Å². The maximum Gasteiger partial charge on any atom is 0.307 e. The number of carboxylic acids is 1. The van der Waals surface area contributed by atoms with Crippen molar-refractivity contribution >= 4 is 17.8 Å². The summed E-state index contributed by atoms with van der Waals surface area (Å²) in [5.41, 5.74) is 0. The lowest BCUT2D eigenvalue weighted by Crippen LogP contribution is -2.48. The molecule has 1 aliphatic carbocycles. The van der Waals surface area contributed by atoms with E-state index in [4.69, 9.17) is 9.84 Å². The Hall–Kier alpha value is -2.57. The SMILES string of the molecule is O=C(N[C@@H]1CC(=O)N(CCOc2ccccc2)C1)[C@H]1CC[C@H]1C(=O)O. The summed E-state index contributed by atoms with van der Waals surface area (Å²) in [6, 6.07) is 9.12. The average molecular weight is 346 g/mol. The minimum absolute atomic E-state index is 0.0228. The topological polar surface area (TPSA) is 95.9 Å². The maximum atomic E-state index is 12.2. The van der Waals surface area contributed by atoms with Gasteiger partial charge in [-0.1, -0.05) is 18.2 Å².